The van der Waals surface area contributed by atoms with Gasteiger partial charge in [-0.1, -0.05) is 0 Å². The van der Waals surface area contributed by atoms with Gasteiger partial charge in [-0.15, -0.1) is 0 Å². The molecule has 0 aromatic heterocycles. The molecule has 0 radical (unpaired) electrons. The van der Waals surface area contributed by atoms with E-state index in [-0.39, 0.29) is 19.2 Å². The SMILES string of the molecule is COc1ccc(C(=O)OCCCN(C)S(=O)(=O)N2CCC(N)CC2)cc1. The molecule has 146 valence electrons. The summed E-state index contributed by atoms with van der Waals surface area (Å²) in [5.74, 6) is 0.218. The summed E-state index contributed by atoms with van der Waals surface area (Å²) in [6.07, 6.45) is 1.77. The van der Waals surface area contributed by atoms with Gasteiger partial charge in [-0.25, -0.2) is 4.79 Å². The summed E-state index contributed by atoms with van der Waals surface area (Å²) in [4.78, 5) is 11.9. The lowest BCUT2D eigenvalue weighted by atomic mass is 10.1. The van der Waals surface area contributed by atoms with Crippen molar-refractivity contribution < 1.29 is 22.7 Å². The lowest BCUT2D eigenvalue weighted by Gasteiger charge is -2.32. The Balaban J connectivity index is 1.75. The molecule has 0 amide bonds. The van der Waals surface area contributed by atoms with Gasteiger partial charge in [0.1, 0.15) is 5.75 Å². The van der Waals surface area contributed by atoms with E-state index in [9.17, 15) is 13.2 Å². The van der Waals surface area contributed by atoms with Crippen LogP contribution in [0.15, 0.2) is 24.3 Å². The number of rotatable bonds is 8. The number of esters is 1. The molecule has 1 aromatic rings. The standard InChI is InChI=1S/C17H27N3O5S/c1-19(26(22,23)20-11-8-15(18)9-12-20)10-3-13-25-17(21)14-4-6-16(24-2)7-5-14/h4-7,15H,3,8-13,18H2,1-2H3. The first-order valence-corrected chi connectivity index (χ1v) is 10.0. The molecule has 1 fully saturated rings. The zero-order valence-corrected chi connectivity index (χ0v) is 16.1. The summed E-state index contributed by atoms with van der Waals surface area (Å²) in [6.45, 7) is 1.32. The average Bonchev–Trinajstić information content (AvgIpc) is 2.65. The maximum atomic E-state index is 12.5. The summed E-state index contributed by atoms with van der Waals surface area (Å²) < 4.78 is 38.0. The van der Waals surface area contributed by atoms with Gasteiger partial charge in [-0.05, 0) is 43.5 Å². The number of hydrogen-bond acceptors (Lipinski definition) is 6. The van der Waals surface area contributed by atoms with Crippen LogP contribution in [0.4, 0.5) is 0 Å². The van der Waals surface area contributed by atoms with E-state index in [1.165, 1.54) is 15.7 Å². The quantitative estimate of drug-likeness (QED) is 0.526. The molecule has 2 N–H and O–H groups in total. The zero-order valence-electron chi connectivity index (χ0n) is 15.3. The topological polar surface area (TPSA) is 102 Å². The minimum Gasteiger partial charge on any atom is -0.497 e. The zero-order chi connectivity index (χ0) is 19.2. The first-order chi connectivity index (χ1) is 12.3. The van der Waals surface area contributed by atoms with Crippen LogP contribution in [0.2, 0.25) is 0 Å². The highest BCUT2D eigenvalue weighted by Gasteiger charge is 2.29. The molecule has 1 heterocycles. The van der Waals surface area contributed by atoms with Crippen molar-refractivity contribution in [1.29, 1.82) is 0 Å². The second kappa shape index (κ2) is 9.31. The molecule has 1 aliphatic heterocycles. The van der Waals surface area contributed by atoms with E-state index < -0.39 is 16.2 Å². The maximum Gasteiger partial charge on any atom is 0.338 e. The summed E-state index contributed by atoms with van der Waals surface area (Å²) in [5, 5.41) is 0. The summed E-state index contributed by atoms with van der Waals surface area (Å²) in [5.41, 5.74) is 6.24. The highest BCUT2D eigenvalue weighted by Crippen LogP contribution is 2.15. The van der Waals surface area contributed by atoms with Crippen LogP contribution in [0.5, 0.6) is 5.75 Å². The molecule has 1 aromatic carbocycles. The van der Waals surface area contributed by atoms with Crippen molar-refractivity contribution in [2.45, 2.75) is 25.3 Å². The molecule has 8 nitrogen and oxygen atoms in total. The van der Waals surface area contributed by atoms with E-state index >= 15 is 0 Å². The van der Waals surface area contributed by atoms with Gasteiger partial charge in [-0.2, -0.15) is 17.0 Å². The molecule has 0 saturated carbocycles. The lowest BCUT2D eigenvalue weighted by Crippen LogP contribution is -2.48. The third-order valence-electron chi connectivity index (χ3n) is 4.39. The fraction of sp³-hybridized carbons (Fsp3) is 0.588. The van der Waals surface area contributed by atoms with Gasteiger partial charge in [0.15, 0.2) is 0 Å². The van der Waals surface area contributed by atoms with Crippen molar-refractivity contribution in [2.75, 3.05) is 40.4 Å². The van der Waals surface area contributed by atoms with Crippen LogP contribution in [0.3, 0.4) is 0 Å². The van der Waals surface area contributed by atoms with Crippen molar-refractivity contribution in [2.24, 2.45) is 5.73 Å². The minimum absolute atomic E-state index is 0.0733. The third-order valence-corrected chi connectivity index (χ3v) is 6.38. The highest BCUT2D eigenvalue weighted by molar-refractivity contribution is 7.86. The summed E-state index contributed by atoms with van der Waals surface area (Å²) in [7, 11) is -0.401. The van der Waals surface area contributed by atoms with E-state index in [1.807, 2.05) is 0 Å². The van der Waals surface area contributed by atoms with Crippen LogP contribution in [0, 0.1) is 0 Å². The van der Waals surface area contributed by atoms with E-state index in [1.54, 1.807) is 31.4 Å². The first kappa shape index (κ1) is 20.6. The van der Waals surface area contributed by atoms with E-state index in [0.29, 0.717) is 43.7 Å². The normalized spacial score (nSPS) is 16.6. The Labute approximate surface area is 155 Å². The Morgan fingerprint density at radius 3 is 2.46 bits per heavy atom. The fourth-order valence-corrected chi connectivity index (χ4v) is 4.11. The van der Waals surface area contributed by atoms with Gasteiger partial charge < -0.3 is 15.2 Å². The number of carbonyl (C=O) groups is 1. The largest absolute Gasteiger partial charge is 0.497 e. The molecule has 1 saturated heterocycles. The number of nitrogens with two attached hydrogens (primary N) is 1. The molecule has 26 heavy (non-hydrogen) atoms. The first-order valence-electron chi connectivity index (χ1n) is 8.62. The maximum absolute atomic E-state index is 12.5. The van der Waals surface area contributed by atoms with Gasteiger partial charge in [0, 0.05) is 32.7 Å². The molecule has 0 atom stereocenters. The molecule has 9 heteroatoms. The Kier molecular flexibility index (Phi) is 7.39. The summed E-state index contributed by atoms with van der Waals surface area (Å²) >= 11 is 0. The molecule has 1 aliphatic rings. The highest BCUT2D eigenvalue weighted by atomic mass is 32.2. The molecule has 0 bridgehead atoms. The third kappa shape index (κ3) is 5.41. The predicted octanol–water partition coefficient (Wildman–Crippen LogP) is 0.842. The van der Waals surface area contributed by atoms with Gasteiger partial charge >= 0.3 is 5.97 Å². The number of hydrogen-bond donors (Lipinski definition) is 1. The van der Waals surface area contributed by atoms with Gasteiger partial charge in [-0.3, -0.25) is 0 Å². The number of nitrogens with zero attached hydrogens (tertiary/aromatic N) is 2. The van der Waals surface area contributed by atoms with Gasteiger partial charge in [0.05, 0.1) is 19.3 Å². The smallest absolute Gasteiger partial charge is 0.338 e. The van der Waals surface area contributed by atoms with Crippen molar-refractivity contribution in [3.8, 4) is 5.75 Å². The molecule has 2 rings (SSSR count). The van der Waals surface area contributed by atoms with Crippen LogP contribution < -0.4 is 10.5 Å². The number of piperidine rings is 1. The van der Waals surface area contributed by atoms with E-state index in [2.05, 4.69) is 0 Å². The second-order valence-corrected chi connectivity index (χ2v) is 8.32. The number of carbonyl (C=O) groups excluding carboxylic acids is 1. The van der Waals surface area contributed by atoms with Gasteiger partial charge in [0.25, 0.3) is 10.2 Å². The average molecular weight is 385 g/mol. The van der Waals surface area contributed by atoms with Crippen LogP contribution in [-0.2, 0) is 14.9 Å². The Morgan fingerprint density at radius 1 is 1.27 bits per heavy atom. The van der Waals surface area contributed by atoms with E-state index in [0.717, 1.165) is 0 Å². The van der Waals surface area contributed by atoms with Crippen LogP contribution >= 0.6 is 0 Å². The molecule has 0 unspecified atom stereocenters. The van der Waals surface area contributed by atoms with Crippen LogP contribution in [0.25, 0.3) is 0 Å². The number of ether oxygens (including phenoxy) is 2. The van der Waals surface area contributed by atoms with Crippen molar-refractivity contribution in [3.05, 3.63) is 29.8 Å². The summed E-state index contributed by atoms with van der Waals surface area (Å²) in [6, 6.07) is 6.68. The Morgan fingerprint density at radius 2 is 1.88 bits per heavy atom. The van der Waals surface area contributed by atoms with Crippen molar-refractivity contribution >= 4 is 16.2 Å². The van der Waals surface area contributed by atoms with E-state index in [4.69, 9.17) is 15.2 Å². The minimum atomic E-state index is -3.49. The number of benzene rings is 1. The molecule has 0 spiro atoms. The van der Waals surface area contributed by atoms with Crippen LogP contribution in [0.1, 0.15) is 29.6 Å². The molecule has 0 aliphatic carbocycles. The predicted molar refractivity (Wildman–Crippen MR) is 98.2 cm³/mol. The number of methoxy groups -OCH3 is 1. The van der Waals surface area contributed by atoms with Crippen molar-refractivity contribution in [1.82, 2.24) is 8.61 Å². The molecular weight excluding hydrogens is 358 g/mol. The lowest BCUT2D eigenvalue weighted by molar-refractivity contribution is 0.0496. The van der Waals surface area contributed by atoms with Crippen molar-refractivity contribution in [3.63, 3.8) is 0 Å². The second-order valence-electron chi connectivity index (χ2n) is 6.28. The molecular formula is C17H27N3O5S. The van der Waals surface area contributed by atoms with Crippen LogP contribution in [-0.4, -0.2) is 69.4 Å². The Bertz CT molecular complexity index is 685. The van der Waals surface area contributed by atoms with Gasteiger partial charge in [0.2, 0.25) is 0 Å². The monoisotopic (exact) mass is 385 g/mol. The fourth-order valence-electron chi connectivity index (χ4n) is 2.68. The Hall–Kier alpha value is -1.68.